The molecule has 0 spiro atoms. The number of aromatic amines is 2. The largest absolute Gasteiger partial charge is 0.390 e. The first-order chi connectivity index (χ1) is 12.5. The van der Waals surface area contributed by atoms with E-state index in [1.165, 1.54) is 5.56 Å². The van der Waals surface area contributed by atoms with Gasteiger partial charge in [0.15, 0.2) is 0 Å². The first kappa shape index (κ1) is 17.2. The second-order valence-electron chi connectivity index (χ2n) is 5.88. The summed E-state index contributed by atoms with van der Waals surface area (Å²) in [5.41, 5.74) is 15.5. The zero-order valence-corrected chi connectivity index (χ0v) is 14.3. The molecule has 0 unspecified atom stereocenters. The van der Waals surface area contributed by atoms with E-state index in [1.807, 2.05) is 18.2 Å². The van der Waals surface area contributed by atoms with Gasteiger partial charge < -0.3 is 21.4 Å². The van der Waals surface area contributed by atoms with Gasteiger partial charge in [-0.05, 0) is 42.8 Å². The molecule has 2 aromatic heterocycles. The Balaban J connectivity index is 0.000000613. The molecule has 0 bridgehead atoms. The molecule has 26 heavy (non-hydrogen) atoms. The van der Waals surface area contributed by atoms with Gasteiger partial charge in [-0.1, -0.05) is 6.07 Å². The monoisotopic (exact) mass is 348 g/mol. The predicted molar refractivity (Wildman–Crippen MR) is 104 cm³/mol. The molecule has 0 saturated heterocycles. The normalized spacial score (nSPS) is 10.5. The fourth-order valence-electron chi connectivity index (χ4n) is 2.73. The fraction of sp³-hybridized carbons (Fsp3) is 0.111. The summed E-state index contributed by atoms with van der Waals surface area (Å²) in [6.07, 6.45) is 1.35. The van der Waals surface area contributed by atoms with E-state index in [1.54, 1.807) is 6.07 Å². The van der Waals surface area contributed by atoms with Crippen molar-refractivity contribution >= 4 is 34.2 Å². The lowest BCUT2D eigenvalue weighted by atomic mass is 10.2. The number of nitrogens with one attached hydrogen (secondary N) is 4. The van der Waals surface area contributed by atoms with E-state index in [0.717, 1.165) is 40.1 Å². The zero-order chi connectivity index (χ0) is 18.7. The number of nitrogens with zero attached hydrogens (tertiary/aromatic N) is 2. The summed E-state index contributed by atoms with van der Waals surface area (Å²) in [5.74, 6) is 1.75. The van der Waals surface area contributed by atoms with E-state index in [9.17, 15) is 0 Å². The van der Waals surface area contributed by atoms with Gasteiger partial charge in [-0.3, -0.25) is 10.8 Å². The van der Waals surface area contributed by atoms with Crippen molar-refractivity contribution < 1.29 is 0 Å². The van der Waals surface area contributed by atoms with Gasteiger partial charge in [0, 0.05) is 5.56 Å². The van der Waals surface area contributed by atoms with E-state index in [-0.39, 0.29) is 5.84 Å². The molecule has 2 aromatic carbocycles. The number of aryl methyl sites for hydroxylation is 1. The SMILES string of the molecule is Cc1ccc2nc(Cc3nc4ccc(C(=N)N)cc4[nH]3)[nH]c2c1.N=CN. The Kier molecular flexibility index (Phi) is 4.66. The molecule has 0 aliphatic carbocycles. The Labute approximate surface area is 149 Å². The van der Waals surface area contributed by atoms with E-state index >= 15 is 0 Å². The van der Waals surface area contributed by atoms with Crippen molar-refractivity contribution in [3.63, 3.8) is 0 Å². The van der Waals surface area contributed by atoms with Crippen LogP contribution in [0.1, 0.15) is 22.8 Å². The summed E-state index contributed by atoms with van der Waals surface area (Å²) in [6.45, 7) is 2.06. The number of benzene rings is 2. The fourth-order valence-corrected chi connectivity index (χ4v) is 2.73. The van der Waals surface area contributed by atoms with Crippen molar-refractivity contribution in [3.8, 4) is 0 Å². The Morgan fingerprint density at radius 3 is 2.15 bits per heavy atom. The Bertz CT molecular complexity index is 1090. The highest BCUT2D eigenvalue weighted by Gasteiger charge is 2.09. The molecule has 0 fully saturated rings. The van der Waals surface area contributed by atoms with Crippen molar-refractivity contribution in [1.29, 1.82) is 10.8 Å². The van der Waals surface area contributed by atoms with Gasteiger partial charge in [-0.2, -0.15) is 0 Å². The van der Waals surface area contributed by atoms with Crippen molar-refractivity contribution in [2.24, 2.45) is 11.5 Å². The molecule has 4 rings (SSSR count). The van der Waals surface area contributed by atoms with Crippen LogP contribution in [0.15, 0.2) is 36.4 Å². The van der Waals surface area contributed by atoms with Gasteiger partial charge in [-0.25, -0.2) is 9.97 Å². The maximum Gasteiger partial charge on any atom is 0.122 e. The third-order valence-corrected chi connectivity index (χ3v) is 3.86. The van der Waals surface area contributed by atoms with Crippen molar-refractivity contribution in [2.75, 3.05) is 0 Å². The minimum Gasteiger partial charge on any atom is -0.390 e. The van der Waals surface area contributed by atoms with Crippen LogP contribution in [-0.4, -0.2) is 32.1 Å². The van der Waals surface area contributed by atoms with Crippen LogP contribution in [0.4, 0.5) is 0 Å². The number of amidine groups is 1. The molecule has 0 amide bonds. The summed E-state index contributed by atoms with van der Waals surface area (Å²) >= 11 is 0. The molecule has 8 N–H and O–H groups in total. The minimum atomic E-state index is 0.0516. The maximum atomic E-state index is 7.50. The summed E-state index contributed by atoms with van der Waals surface area (Å²) in [6, 6.07) is 11.7. The molecule has 0 aliphatic rings. The summed E-state index contributed by atoms with van der Waals surface area (Å²) in [5, 5.41) is 13.4. The van der Waals surface area contributed by atoms with E-state index in [0.29, 0.717) is 12.0 Å². The number of nitrogens with two attached hydrogens (primary N) is 2. The van der Waals surface area contributed by atoms with Crippen LogP contribution < -0.4 is 11.5 Å². The van der Waals surface area contributed by atoms with Crippen LogP contribution in [0.25, 0.3) is 22.1 Å². The third-order valence-electron chi connectivity index (χ3n) is 3.86. The molecule has 0 saturated carbocycles. The summed E-state index contributed by atoms with van der Waals surface area (Å²) in [7, 11) is 0. The minimum absolute atomic E-state index is 0.0516. The lowest BCUT2D eigenvalue weighted by molar-refractivity contribution is 0.960. The molecular weight excluding hydrogens is 328 g/mol. The Morgan fingerprint density at radius 2 is 1.58 bits per heavy atom. The van der Waals surface area contributed by atoms with Crippen LogP contribution in [0, 0.1) is 17.7 Å². The van der Waals surface area contributed by atoms with Crippen LogP contribution in [0.5, 0.6) is 0 Å². The Morgan fingerprint density at radius 1 is 1.04 bits per heavy atom. The molecule has 8 heteroatoms. The molecule has 0 radical (unpaired) electrons. The van der Waals surface area contributed by atoms with Crippen molar-refractivity contribution in [3.05, 3.63) is 59.2 Å². The van der Waals surface area contributed by atoms with Gasteiger partial charge in [0.25, 0.3) is 0 Å². The first-order valence-corrected chi connectivity index (χ1v) is 7.99. The van der Waals surface area contributed by atoms with Gasteiger partial charge in [0.2, 0.25) is 0 Å². The number of H-pyrrole nitrogens is 2. The molecule has 132 valence electrons. The van der Waals surface area contributed by atoms with Crippen LogP contribution in [0.2, 0.25) is 0 Å². The van der Waals surface area contributed by atoms with Gasteiger partial charge >= 0.3 is 0 Å². The predicted octanol–water partition coefficient (Wildman–Crippen LogP) is 2.17. The first-order valence-electron chi connectivity index (χ1n) is 7.99. The molecule has 8 nitrogen and oxygen atoms in total. The van der Waals surface area contributed by atoms with Crippen molar-refractivity contribution in [2.45, 2.75) is 13.3 Å². The van der Waals surface area contributed by atoms with Gasteiger partial charge in [0.1, 0.15) is 17.5 Å². The van der Waals surface area contributed by atoms with Crippen LogP contribution >= 0.6 is 0 Å². The van der Waals surface area contributed by atoms with Gasteiger partial charge in [0.05, 0.1) is 34.8 Å². The van der Waals surface area contributed by atoms with Gasteiger partial charge in [-0.15, -0.1) is 0 Å². The molecule has 0 atom stereocenters. The summed E-state index contributed by atoms with van der Waals surface area (Å²) < 4.78 is 0. The second-order valence-corrected chi connectivity index (χ2v) is 5.88. The Hall–Kier alpha value is -3.68. The quantitative estimate of drug-likeness (QED) is 0.248. The molecule has 2 heterocycles. The van der Waals surface area contributed by atoms with Crippen molar-refractivity contribution in [1.82, 2.24) is 19.9 Å². The standard InChI is InChI=1S/C17H16N6.CH4N2/c1-9-2-4-11-13(6-9)22-15(20-11)8-16-21-12-5-3-10(17(18)19)7-14(12)23-16;2-1-3/h2-7H,8H2,1H3,(H3,18,19)(H,20,22)(H,21,23);1H,(H3,2,3). The topological polar surface area (TPSA) is 157 Å². The third kappa shape index (κ3) is 3.54. The number of hydrogen-bond donors (Lipinski definition) is 6. The lowest BCUT2D eigenvalue weighted by Crippen LogP contribution is -2.10. The smallest absolute Gasteiger partial charge is 0.122 e. The highest BCUT2D eigenvalue weighted by atomic mass is 15.0. The van der Waals surface area contributed by atoms with E-state index in [4.69, 9.17) is 16.6 Å². The number of hydrogen-bond acceptors (Lipinski definition) is 4. The number of aromatic nitrogens is 4. The van der Waals surface area contributed by atoms with E-state index in [2.05, 4.69) is 44.7 Å². The molecule has 0 aliphatic heterocycles. The second kappa shape index (κ2) is 7.06. The molecule has 4 aromatic rings. The highest BCUT2D eigenvalue weighted by molar-refractivity contribution is 5.97. The number of nitrogen functional groups attached to an aromatic ring is 1. The van der Waals surface area contributed by atoms with Crippen LogP contribution in [-0.2, 0) is 6.42 Å². The average molecular weight is 348 g/mol. The molecular formula is C18H20N8. The average Bonchev–Trinajstić information content (AvgIpc) is 3.17. The number of rotatable bonds is 3. The number of imidazole rings is 2. The maximum absolute atomic E-state index is 7.50. The highest BCUT2D eigenvalue weighted by Crippen LogP contribution is 2.17. The zero-order valence-electron chi connectivity index (χ0n) is 14.3. The lowest BCUT2D eigenvalue weighted by Gasteiger charge is -1.96. The van der Waals surface area contributed by atoms with E-state index < -0.39 is 0 Å². The van der Waals surface area contributed by atoms with Crippen LogP contribution in [0.3, 0.4) is 0 Å². The summed E-state index contributed by atoms with van der Waals surface area (Å²) in [4.78, 5) is 15.8. The number of fused-ring (bicyclic) bond motifs is 2.